The first kappa shape index (κ1) is 13.8. The molecule has 0 radical (unpaired) electrons. The number of benzene rings is 1. The van der Waals surface area contributed by atoms with Gasteiger partial charge in [-0.2, -0.15) is 0 Å². The number of aromatic nitrogens is 2. The van der Waals surface area contributed by atoms with Gasteiger partial charge in [0.25, 0.3) is 0 Å². The molecule has 0 fully saturated rings. The lowest BCUT2D eigenvalue weighted by molar-refractivity contribution is 0.595. The first-order chi connectivity index (χ1) is 7.53. The fraction of sp³-hybridized carbons (Fsp3) is 0.300. The molecule has 0 amide bonds. The molecular formula is C10H14ClN3O2S. The number of hydrogen-bond donors (Lipinski definition) is 2. The van der Waals surface area contributed by atoms with Gasteiger partial charge in [0.2, 0.25) is 0 Å². The Morgan fingerprint density at radius 1 is 1.41 bits per heavy atom. The lowest BCUT2D eigenvalue weighted by Gasteiger charge is -2.01. The maximum atomic E-state index is 11.8. The average molecular weight is 276 g/mol. The number of H-pyrrole nitrogens is 1. The number of nitrogens with two attached hydrogens (primary N) is 1. The van der Waals surface area contributed by atoms with E-state index in [1.165, 1.54) is 0 Å². The quantitative estimate of drug-likeness (QED) is 0.893. The molecule has 0 saturated heterocycles. The molecule has 1 aromatic heterocycles. The van der Waals surface area contributed by atoms with E-state index in [-0.39, 0.29) is 18.2 Å². The van der Waals surface area contributed by atoms with Crippen molar-refractivity contribution < 1.29 is 8.42 Å². The minimum absolute atomic E-state index is 0. The number of nitrogens with one attached hydrogen (secondary N) is 1. The summed E-state index contributed by atoms with van der Waals surface area (Å²) < 4.78 is 23.6. The van der Waals surface area contributed by atoms with E-state index in [9.17, 15) is 8.42 Å². The molecule has 0 unspecified atom stereocenters. The molecule has 0 saturated carbocycles. The number of nitrogens with zero attached hydrogens (tertiary/aromatic N) is 1. The molecule has 7 heteroatoms. The number of imidazole rings is 1. The third-order valence-electron chi connectivity index (χ3n) is 2.30. The molecule has 2 rings (SSSR count). The minimum atomic E-state index is -3.18. The molecule has 1 aromatic carbocycles. The van der Waals surface area contributed by atoms with Gasteiger partial charge in [-0.25, -0.2) is 13.4 Å². The molecule has 0 aliphatic carbocycles. The summed E-state index contributed by atoms with van der Waals surface area (Å²) in [5.41, 5.74) is 6.81. The summed E-state index contributed by atoms with van der Waals surface area (Å²) in [6.45, 7) is 1.84. The second-order valence-corrected chi connectivity index (χ2v) is 5.73. The van der Waals surface area contributed by atoms with Crippen LogP contribution in [-0.2, 0) is 9.84 Å². The van der Waals surface area contributed by atoms with Crippen LogP contribution in [-0.4, -0.2) is 24.1 Å². The van der Waals surface area contributed by atoms with Gasteiger partial charge < -0.3 is 10.7 Å². The summed E-state index contributed by atoms with van der Waals surface area (Å²) in [6, 6.07) is 4.79. The molecule has 0 atom stereocenters. The molecular weight excluding hydrogens is 262 g/mol. The van der Waals surface area contributed by atoms with Gasteiger partial charge in [0.15, 0.2) is 15.8 Å². The van der Waals surface area contributed by atoms with Gasteiger partial charge in [-0.3, -0.25) is 0 Å². The lowest BCUT2D eigenvalue weighted by atomic mass is 10.3. The smallest absolute Gasteiger partial charge is 0.198 e. The van der Waals surface area contributed by atoms with Gasteiger partial charge in [-0.15, -0.1) is 12.4 Å². The summed E-state index contributed by atoms with van der Waals surface area (Å²) in [7, 11) is -3.18. The lowest BCUT2D eigenvalue weighted by Crippen LogP contribution is -2.05. The van der Waals surface area contributed by atoms with E-state index in [1.54, 1.807) is 18.2 Å². The van der Waals surface area contributed by atoms with Crippen molar-refractivity contribution in [2.24, 2.45) is 0 Å². The zero-order valence-electron chi connectivity index (χ0n) is 9.30. The highest BCUT2D eigenvalue weighted by Crippen LogP contribution is 2.19. The molecule has 17 heavy (non-hydrogen) atoms. The Morgan fingerprint density at radius 3 is 2.76 bits per heavy atom. The molecule has 1 heterocycles. The van der Waals surface area contributed by atoms with Gasteiger partial charge in [0.1, 0.15) is 0 Å². The number of fused-ring (bicyclic) bond motifs is 1. The summed E-state index contributed by atoms with van der Waals surface area (Å²) >= 11 is 0. The van der Waals surface area contributed by atoms with E-state index in [2.05, 4.69) is 9.97 Å². The number of halogens is 1. The molecule has 0 aliphatic rings. The van der Waals surface area contributed by atoms with Crippen molar-refractivity contribution in [2.45, 2.75) is 18.2 Å². The Morgan fingerprint density at radius 2 is 2.12 bits per heavy atom. The van der Waals surface area contributed by atoms with Crippen LogP contribution in [0, 0.1) is 0 Å². The number of anilines is 1. The first-order valence-electron chi connectivity index (χ1n) is 5.01. The fourth-order valence-electron chi connectivity index (χ4n) is 1.59. The van der Waals surface area contributed by atoms with Gasteiger partial charge in [-0.05, 0) is 24.6 Å². The van der Waals surface area contributed by atoms with Crippen molar-refractivity contribution in [3.05, 3.63) is 18.2 Å². The van der Waals surface area contributed by atoms with Crippen LogP contribution in [0.4, 0.5) is 5.95 Å². The second kappa shape index (κ2) is 4.93. The monoisotopic (exact) mass is 275 g/mol. The van der Waals surface area contributed by atoms with Crippen LogP contribution in [0.15, 0.2) is 23.1 Å². The summed E-state index contributed by atoms with van der Waals surface area (Å²) in [6.07, 6.45) is 0.603. The second-order valence-electron chi connectivity index (χ2n) is 3.62. The average Bonchev–Trinajstić information content (AvgIpc) is 2.56. The van der Waals surface area contributed by atoms with E-state index >= 15 is 0 Å². The van der Waals surface area contributed by atoms with Crippen LogP contribution in [0.3, 0.4) is 0 Å². The topological polar surface area (TPSA) is 88.8 Å². The van der Waals surface area contributed by atoms with Crippen LogP contribution < -0.4 is 5.73 Å². The number of nitrogen functional groups attached to an aromatic ring is 1. The first-order valence-corrected chi connectivity index (χ1v) is 6.66. The maximum absolute atomic E-state index is 11.8. The number of hydrogen-bond acceptors (Lipinski definition) is 4. The van der Waals surface area contributed by atoms with E-state index in [0.717, 1.165) is 0 Å². The Balaban J connectivity index is 0.00000144. The van der Waals surface area contributed by atoms with Crippen molar-refractivity contribution >= 4 is 39.2 Å². The van der Waals surface area contributed by atoms with Gasteiger partial charge in [-0.1, -0.05) is 6.92 Å². The highest BCUT2D eigenvalue weighted by molar-refractivity contribution is 7.91. The number of aromatic amines is 1. The third kappa shape index (κ3) is 2.70. The van der Waals surface area contributed by atoms with E-state index < -0.39 is 9.84 Å². The molecule has 94 valence electrons. The largest absolute Gasteiger partial charge is 0.369 e. The molecule has 2 aromatic rings. The van der Waals surface area contributed by atoms with Crippen LogP contribution in [0.2, 0.25) is 0 Å². The Bertz CT molecular complexity index is 622. The summed E-state index contributed by atoms with van der Waals surface area (Å²) in [5, 5.41) is 0. The van der Waals surface area contributed by atoms with Crippen LogP contribution in [0.5, 0.6) is 0 Å². The summed E-state index contributed by atoms with van der Waals surface area (Å²) in [4.78, 5) is 7.14. The Kier molecular flexibility index (Phi) is 4.00. The normalized spacial score (nSPS) is 11.4. The Labute approximate surface area is 106 Å². The van der Waals surface area contributed by atoms with Crippen molar-refractivity contribution in [2.75, 3.05) is 11.5 Å². The van der Waals surface area contributed by atoms with Gasteiger partial charge in [0, 0.05) is 0 Å². The fourth-order valence-corrected chi connectivity index (χ4v) is 2.93. The van der Waals surface area contributed by atoms with Gasteiger partial charge in [0.05, 0.1) is 21.7 Å². The highest BCUT2D eigenvalue weighted by atomic mass is 35.5. The Hall–Kier alpha value is -1.27. The van der Waals surface area contributed by atoms with Crippen molar-refractivity contribution in [3.8, 4) is 0 Å². The predicted octanol–water partition coefficient (Wildman–Crippen LogP) is 1.75. The van der Waals surface area contributed by atoms with Crippen LogP contribution in [0.1, 0.15) is 13.3 Å². The van der Waals surface area contributed by atoms with Crippen LogP contribution in [0.25, 0.3) is 11.0 Å². The number of rotatable bonds is 3. The van der Waals surface area contributed by atoms with E-state index in [1.807, 2.05) is 6.92 Å². The van der Waals surface area contributed by atoms with Gasteiger partial charge >= 0.3 is 0 Å². The third-order valence-corrected chi connectivity index (χ3v) is 4.22. The standard InChI is InChI=1S/C10H13N3O2S.ClH/c1-2-5-16(14,15)7-3-4-8-9(6-7)13-10(11)12-8;/h3-4,6H,2,5H2,1H3,(H3,11,12,13);1H. The molecule has 0 spiro atoms. The minimum Gasteiger partial charge on any atom is -0.369 e. The predicted molar refractivity (Wildman–Crippen MR) is 70.1 cm³/mol. The SMILES string of the molecule is CCCS(=O)(=O)c1ccc2nc(N)[nH]c2c1.Cl. The number of sulfone groups is 1. The zero-order valence-corrected chi connectivity index (χ0v) is 10.9. The van der Waals surface area contributed by atoms with Crippen molar-refractivity contribution in [1.29, 1.82) is 0 Å². The molecule has 0 bridgehead atoms. The zero-order chi connectivity index (χ0) is 11.8. The van der Waals surface area contributed by atoms with E-state index in [4.69, 9.17) is 5.73 Å². The van der Waals surface area contributed by atoms with Crippen molar-refractivity contribution in [1.82, 2.24) is 9.97 Å². The maximum Gasteiger partial charge on any atom is 0.198 e. The molecule has 5 nitrogen and oxygen atoms in total. The van der Waals surface area contributed by atoms with Crippen molar-refractivity contribution in [3.63, 3.8) is 0 Å². The molecule has 0 aliphatic heterocycles. The summed E-state index contributed by atoms with van der Waals surface area (Å²) in [5.74, 6) is 0.447. The van der Waals surface area contributed by atoms with Crippen LogP contribution >= 0.6 is 12.4 Å². The van der Waals surface area contributed by atoms with E-state index in [0.29, 0.717) is 28.3 Å². The molecule has 3 N–H and O–H groups in total. The highest BCUT2D eigenvalue weighted by Gasteiger charge is 2.14.